The number of nitrogens with two attached hydrogens (primary N) is 1. The molecule has 4 atom stereocenters. The summed E-state index contributed by atoms with van der Waals surface area (Å²) in [6, 6.07) is -3.18. The fourth-order valence-corrected chi connectivity index (χ4v) is 2.50. The number of hydrogen-bond donors (Lipinski definition) is 5. The van der Waals surface area contributed by atoms with Gasteiger partial charge >= 0.3 is 5.97 Å². The number of carboxylic acid groups (broad SMARTS) is 1. The van der Waals surface area contributed by atoms with Crippen LogP contribution in [0.2, 0.25) is 0 Å². The second kappa shape index (κ2) is 8.60. The van der Waals surface area contributed by atoms with Crippen LogP contribution in [0.15, 0.2) is 0 Å². The zero-order valence-corrected chi connectivity index (χ0v) is 13.7. The number of aliphatic hydroxyl groups excluding tert-OH is 1. The van der Waals surface area contributed by atoms with Gasteiger partial charge in [0.2, 0.25) is 17.7 Å². The van der Waals surface area contributed by atoms with Crippen LogP contribution in [0.1, 0.15) is 26.7 Å². The van der Waals surface area contributed by atoms with Crippen molar-refractivity contribution in [3.05, 3.63) is 0 Å². The van der Waals surface area contributed by atoms with Crippen LogP contribution in [-0.2, 0) is 19.2 Å². The van der Waals surface area contributed by atoms with Crippen LogP contribution >= 0.6 is 0 Å². The number of rotatable bonds is 7. The highest BCUT2D eigenvalue weighted by Crippen LogP contribution is 2.17. The highest BCUT2D eigenvalue weighted by molar-refractivity contribution is 5.93. The molecular weight excluding hydrogens is 320 g/mol. The molecule has 24 heavy (non-hydrogen) atoms. The van der Waals surface area contributed by atoms with Gasteiger partial charge in [-0.2, -0.15) is 0 Å². The third kappa shape index (κ3) is 4.90. The lowest BCUT2D eigenvalue weighted by molar-refractivity contribution is -0.145. The standard InChI is InChI=1S/C14H24N4O6/c1-7(12(21)17-11(8(2)19)14(23)24)16-13(22)9-4-3-5-18(9)10(20)6-15/h7-9,11,19H,3-6,15H2,1-2H3,(H,16,22)(H,17,21)(H,23,24). The van der Waals surface area contributed by atoms with Gasteiger partial charge in [0.15, 0.2) is 6.04 Å². The number of carboxylic acids is 1. The molecule has 0 aromatic carbocycles. The molecule has 0 aromatic heterocycles. The summed E-state index contributed by atoms with van der Waals surface area (Å²) in [4.78, 5) is 48.3. The average Bonchev–Trinajstić information content (AvgIpc) is 3.00. The smallest absolute Gasteiger partial charge is 0.328 e. The molecule has 6 N–H and O–H groups in total. The molecular formula is C14H24N4O6. The van der Waals surface area contributed by atoms with Gasteiger partial charge in [-0.15, -0.1) is 0 Å². The minimum atomic E-state index is -1.47. The minimum absolute atomic E-state index is 0.200. The number of aliphatic hydroxyl groups is 1. The zero-order chi connectivity index (χ0) is 18.4. The van der Waals surface area contributed by atoms with Crippen LogP contribution in [0, 0.1) is 0 Å². The summed E-state index contributed by atoms with van der Waals surface area (Å²) in [5.41, 5.74) is 5.31. The van der Waals surface area contributed by atoms with E-state index in [1.165, 1.54) is 18.7 Å². The first-order valence-corrected chi connectivity index (χ1v) is 7.70. The lowest BCUT2D eigenvalue weighted by atomic mass is 10.1. The van der Waals surface area contributed by atoms with Gasteiger partial charge in [0, 0.05) is 6.54 Å². The minimum Gasteiger partial charge on any atom is -0.480 e. The molecule has 0 aromatic rings. The maximum absolute atomic E-state index is 12.3. The van der Waals surface area contributed by atoms with Crippen molar-refractivity contribution in [3.8, 4) is 0 Å². The van der Waals surface area contributed by atoms with Crippen molar-refractivity contribution in [1.82, 2.24) is 15.5 Å². The normalized spacial score (nSPS) is 20.8. The van der Waals surface area contributed by atoms with Gasteiger partial charge in [0.05, 0.1) is 12.6 Å². The van der Waals surface area contributed by atoms with E-state index in [0.29, 0.717) is 19.4 Å². The number of hydrogen-bond acceptors (Lipinski definition) is 6. The van der Waals surface area contributed by atoms with Gasteiger partial charge in [-0.05, 0) is 26.7 Å². The van der Waals surface area contributed by atoms with Crippen LogP contribution in [0.4, 0.5) is 0 Å². The zero-order valence-electron chi connectivity index (χ0n) is 13.7. The Balaban J connectivity index is 2.64. The van der Waals surface area contributed by atoms with Crippen LogP contribution in [-0.4, -0.2) is 76.1 Å². The van der Waals surface area contributed by atoms with Gasteiger partial charge in [0.1, 0.15) is 12.1 Å². The van der Waals surface area contributed by atoms with E-state index in [2.05, 4.69) is 10.6 Å². The summed E-state index contributed by atoms with van der Waals surface area (Å²) in [5, 5.41) is 22.9. The van der Waals surface area contributed by atoms with E-state index < -0.39 is 42.0 Å². The Labute approximate surface area is 139 Å². The van der Waals surface area contributed by atoms with E-state index in [9.17, 15) is 24.3 Å². The molecule has 10 heteroatoms. The Morgan fingerprint density at radius 3 is 2.38 bits per heavy atom. The molecule has 0 radical (unpaired) electrons. The van der Waals surface area contributed by atoms with Crippen molar-refractivity contribution < 1.29 is 29.4 Å². The third-order valence-electron chi connectivity index (χ3n) is 3.85. The lowest BCUT2D eigenvalue weighted by Gasteiger charge is -2.25. The van der Waals surface area contributed by atoms with Crippen molar-refractivity contribution in [2.24, 2.45) is 5.73 Å². The van der Waals surface area contributed by atoms with Gasteiger partial charge in [-0.3, -0.25) is 14.4 Å². The molecule has 4 unspecified atom stereocenters. The molecule has 136 valence electrons. The molecule has 1 aliphatic rings. The van der Waals surface area contributed by atoms with E-state index >= 15 is 0 Å². The molecule has 1 fully saturated rings. The van der Waals surface area contributed by atoms with Crippen molar-refractivity contribution in [2.45, 2.75) is 50.9 Å². The third-order valence-corrected chi connectivity index (χ3v) is 3.85. The lowest BCUT2D eigenvalue weighted by Crippen LogP contribution is -2.56. The molecule has 0 saturated carbocycles. The fourth-order valence-electron chi connectivity index (χ4n) is 2.50. The second-order valence-electron chi connectivity index (χ2n) is 5.74. The molecule has 1 aliphatic heterocycles. The predicted octanol–water partition coefficient (Wildman–Crippen LogP) is -2.61. The Morgan fingerprint density at radius 2 is 1.88 bits per heavy atom. The molecule has 3 amide bonds. The summed E-state index contributed by atoms with van der Waals surface area (Å²) >= 11 is 0. The number of nitrogens with zero attached hydrogens (tertiary/aromatic N) is 1. The van der Waals surface area contributed by atoms with E-state index in [0.717, 1.165) is 0 Å². The molecule has 0 aliphatic carbocycles. The Kier molecular flexibility index (Phi) is 7.11. The van der Waals surface area contributed by atoms with Crippen LogP contribution in [0.3, 0.4) is 0 Å². The average molecular weight is 344 g/mol. The molecule has 0 spiro atoms. The maximum atomic E-state index is 12.3. The van der Waals surface area contributed by atoms with Crippen LogP contribution < -0.4 is 16.4 Å². The summed E-state index contributed by atoms with van der Waals surface area (Å²) in [7, 11) is 0. The monoisotopic (exact) mass is 344 g/mol. The number of carbonyl (C=O) groups excluding carboxylic acids is 3. The molecule has 10 nitrogen and oxygen atoms in total. The van der Waals surface area contributed by atoms with E-state index in [-0.39, 0.29) is 12.5 Å². The number of carbonyl (C=O) groups is 4. The highest BCUT2D eigenvalue weighted by atomic mass is 16.4. The SMILES string of the molecule is CC(NC(=O)C1CCCN1C(=O)CN)C(=O)NC(C(=O)O)C(C)O. The largest absolute Gasteiger partial charge is 0.480 e. The summed E-state index contributed by atoms with van der Waals surface area (Å²) in [5.74, 6) is -2.97. The van der Waals surface area contributed by atoms with Gasteiger partial charge in [0.25, 0.3) is 0 Å². The first kappa shape index (κ1) is 19.8. The molecule has 0 bridgehead atoms. The number of nitrogens with one attached hydrogen (secondary N) is 2. The van der Waals surface area contributed by atoms with Crippen molar-refractivity contribution in [3.63, 3.8) is 0 Å². The second-order valence-corrected chi connectivity index (χ2v) is 5.74. The Hall–Kier alpha value is -2.20. The molecule has 1 saturated heterocycles. The van der Waals surface area contributed by atoms with Gasteiger partial charge in [-0.25, -0.2) is 4.79 Å². The Morgan fingerprint density at radius 1 is 1.25 bits per heavy atom. The first-order chi connectivity index (χ1) is 11.2. The van der Waals surface area contributed by atoms with Crippen molar-refractivity contribution >= 4 is 23.7 Å². The van der Waals surface area contributed by atoms with E-state index in [1.54, 1.807) is 0 Å². The van der Waals surface area contributed by atoms with Crippen molar-refractivity contribution in [2.75, 3.05) is 13.1 Å². The van der Waals surface area contributed by atoms with E-state index in [4.69, 9.17) is 10.8 Å². The fraction of sp³-hybridized carbons (Fsp3) is 0.714. The van der Waals surface area contributed by atoms with Gasteiger partial charge < -0.3 is 31.5 Å². The number of aliphatic carboxylic acids is 1. The highest BCUT2D eigenvalue weighted by Gasteiger charge is 2.35. The summed E-state index contributed by atoms with van der Waals surface area (Å²) in [6.45, 7) is 2.85. The molecule has 1 rings (SSSR count). The van der Waals surface area contributed by atoms with Crippen LogP contribution in [0.25, 0.3) is 0 Å². The summed E-state index contributed by atoms with van der Waals surface area (Å²) in [6.07, 6.45) is -0.160. The summed E-state index contributed by atoms with van der Waals surface area (Å²) < 4.78 is 0. The molecule has 1 heterocycles. The maximum Gasteiger partial charge on any atom is 0.328 e. The topological polar surface area (TPSA) is 162 Å². The number of amides is 3. The van der Waals surface area contributed by atoms with E-state index in [1.807, 2.05) is 0 Å². The number of likely N-dealkylation sites (tertiary alicyclic amines) is 1. The van der Waals surface area contributed by atoms with Crippen LogP contribution in [0.5, 0.6) is 0 Å². The Bertz CT molecular complexity index is 509. The van der Waals surface area contributed by atoms with Crippen molar-refractivity contribution in [1.29, 1.82) is 0 Å². The quantitative estimate of drug-likeness (QED) is 0.338. The van der Waals surface area contributed by atoms with Gasteiger partial charge in [-0.1, -0.05) is 0 Å². The predicted molar refractivity (Wildman–Crippen MR) is 82.6 cm³/mol. The first-order valence-electron chi connectivity index (χ1n) is 7.70.